The molecule has 0 saturated carbocycles. The van der Waals surface area contributed by atoms with Crippen LogP contribution in [0.3, 0.4) is 0 Å². The molecule has 2 amide bonds. The smallest absolute Gasteiger partial charge is 0.409 e. The van der Waals surface area contributed by atoms with Gasteiger partial charge in [-0.25, -0.2) is 4.79 Å². The van der Waals surface area contributed by atoms with Crippen molar-refractivity contribution in [2.24, 2.45) is 0 Å². The van der Waals surface area contributed by atoms with Crippen LogP contribution in [0, 0.1) is 0 Å². The molecule has 1 aromatic carbocycles. The summed E-state index contributed by atoms with van der Waals surface area (Å²) in [7, 11) is 0. The number of aromatic nitrogens is 2. The highest BCUT2D eigenvalue weighted by Crippen LogP contribution is 2.38. The quantitative estimate of drug-likeness (QED) is 0.445. The van der Waals surface area contributed by atoms with Gasteiger partial charge in [0.15, 0.2) is 0 Å². The van der Waals surface area contributed by atoms with Gasteiger partial charge in [0.25, 0.3) is 5.91 Å². The highest BCUT2D eigenvalue weighted by atomic mass is 35.5. The van der Waals surface area contributed by atoms with Crippen LogP contribution in [0.2, 0.25) is 5.02 Å². The Morgan fingerprint density at radius 1 is 1.16 bits per heavy atom. The molecule has 5 rings (SSSR count). The molecule has 3 aromatic rings. The Bertz CT molecular complexity index is 1350. The number of hydrogen-bond donors (Lipinski definition) is 0. The number of piperazine rings is 1. The molecule has 0 spiro atoms. The van der Waals surface area contributed by atoms with Gasteiger partial charge in [0.05, 0.1) is 17.1 Å². The standard InChI is InChI=1S/C29H31ClN4O3/c1-3-15-37-29(36)34-13-11-33(12-14-34)28(35)21-6-8-23-26(18-21)32-25-17-20(5-7-22(25)27(23)30)24-16-19(4-2)9-10-31-24/h4,6,8-10,16,18,20H,2-3,5,7,11-15,17H2,1H3. The third kappa shape index (κ3) is 5.18. The number of pyridine rings is 2. The van der Waals surface area contributed by atoms with E-state index < -0.39 is 0 Å². The molecule has 8 heteroatoms. The van der Waals surface area contributed by atoms with E-state index >= 15 is 0 Å². The second-order valence-electron chi connectivity index (χ2n) is 9.63. The number of amides is 2. The minimum atomic E-state index is -0.312. The first-order valence-electron chi connectivity index (χ1n) is 12.9. The Hall–Kier alpha value is -3.45. The van der Waals surface area contributed by atoms with Crippen LogP contribution >= 0.6 is 11.6 Å². The summed E-state index contributed by atoms with van der Waals surface area (Å²) < 4.78 is 5.22. The van der Waals surface area contributed by atoms with Crippen molar-refractivity contribution in [3.8, 4) is 0 Å². The summed E-state index contributed by atoms with van der Waals surface area (Å²) in [6, 6.07) is 9.60. The second kappa shape index (κ2) is 10.9. The number of carbonyl (C=O) groups is 2. The monoisotopic (exact) mass is 518 g/mol. The summed E-state index contributed by atoms with van der Waals surface area (Å²) in [5, 5.41) is 1.59. The van der Waals surface area contributed by atoms with Crippen LogP contribution < -0.4 is 0 Å². The molecule has 37 heavy (non-hydrogen) atoms. The van der Waals surface area contributed by atoms with Gasteiger partial charge < -0.3 is 14.5 Å². The van der Waals surface area contributed by atoms with E-state index in [1.54, 1.807) is 9.80 Å². The topological polar surface area (TPSA) is 75.6 Å². The lowest BCUT2D eigenvalue weighted by molar-refractivity contribution is 0.0560. The zero-order chi connectivity index (χ0) is 25.9. The molecule has 2 aliphatic rings. The zero-order valence-electron chi connectivity index (χ0n) is 21.1. The van der Waals surface area contributed by atoms with Gasteiger partial charge in [0, 0.05) is 60.6 Å². The minimum Gasteiger partial charge on any atom is -0.449 e. The van der Waals surface area contributed by atoms with Crippen molar-refractivity contribution >= 4 is 40.6 Å². The van der Waals surface area contributed by atoms with E-state index in [1.807, 2.05) is 43.5 Å². The van der Waals surface area contributed by atoms with Gasteiger partial charge in [-0.15, -0.1) is 0 Å². The van der Waals surface area contributed by atoms with Crippen molar-refractivity contribution < 1.29 is 14.3 Å². The number of ether oxygens (including phenoxy) is 1. The molecular weight excluding hydrogens is 488 g/mol. The average molecular weight is 519 g/mol. The largest absolute Gasteiger partial charge is 0.449 e. The van der Waals surface area contributed by atoms with Crippen LogP contribution in [0.25, 0.3) is 17.0 Å². The predicted octanol–water partition coefficient (Wildman–Crippen LogP) is 5.50. The molecular formula is C29H31ClN4O3. The number of benzene rings is 1. The highest BCUT2D eigenvalue weighted by Gasteiger charge is 2.28. The number of rotatable bonds is 5. The van der Waals surface area contributed by atoms with E-state index in [4.69, 9.17) is 21.3 Å². The molecule has 1 unspecified atom stereocenters. The fraction of sp³-hybridized carbons (Fsp3) is 0.379. The molecule has 0 bridgehead atoms. The number of halogens is 1. The van der Waals surface area contributed by atoms with Gasteiger partial charge in [-0.2, -0.15) is 0 Å². The van der Waals surface area contributed by atoms with Gasteiger partial charge in [-0.1, -0.05) is 37.2 Å². The fourth-order valence-electron chi connectivity index (χ4n) is 5.15. The maximum Gasteiger partial charge on any atom is 0.409 e. The Morgan fingerprint density at radius 3 is 2.70 bits per heavy atom. The number of carbonyl (C=O) groups excluding carboxylic acids is 2. The molecule has 1 saturated heterocycles. The lowest BCUT2D eigenvalue weighted by atomic mass is 9.83. The lowest BCUT2D eigenvalue weighted by Crippen LogP contribution is -2.50. The van der Waals surface area contributed by atoms with Crippen molar-refractivity contribution in [3.05, 3.63) is 76.2 Å². The summed E-state index contributed by atoms with van der Waals surface area (Å²) in [6.45, 7) is 8.09. The van der Waals surface area contributed by atoms with Crippen molar-refractivity contribution in [3.63, 3.8) is 0 Å². The fourth-order valence-corrected chi connectivity index (χ4v) is 5.51. The SMILES string of the molecule is C=Cc1ccnc(C2CCc3c(nc4cc(C(=O)N5CCN(C(=O)OCCC)CC5)ccc4c3Cl)C2)c1. The summed E-state index contributed by atoms with van der Waals surface area (Å²) in [6.07, 6.45) is 6.69. The van der Waals surface area contributed by atoms with E-state index in [0.29, 0.717) is 38.3 Å². The molecule has 0 radical (unpaired) electrons. The summed E-state index contributed by atoms with van der Waals surface area (Å²) in [5.74, 6) is 0.195. The maximum absolute atomic E-state index is 13.3. The van der Waals surface area contributed by atoms with E-state index in [0.717, 1.165) is 64.1 Å². The van der Waals surface area contributed by atoms with Crippen LogP contribution in [-0.2, 0) is 17.6 Å². The summed E-state index contributed by atoms with van der Waals surface area (Å²) in [5.41, 5.74) is 5.47. The van der Waals surface area contributed by atoms with Crippen molar-refractivity contribution in [2.45, 2.75) is 38.5 Å². The first-order valence-corrected chi connectivity index (χ1v) is 13.3. The van der Waals surface area contributed by atoms with Crippen LogP contribution in [-0.4, -0.2) is 64.6 Å². The molecule has 192 valence electrons. The van der Waals surface area contributed by atoms with Gasteiger partial charge in [0.1, 0.15) is 0 Å². The van der Waals surface area contributed by atoms with Crippen molar-refractivity contribution in [2.75, 3.05) is 32.8 Å². The minimum absolute atomic E-state index is 0.0672. The van der Waals surface area contributed by atoms with Crippen molar-refractivity contribution in [1.82, 2.24) is 19.8 Å². The van der Waals surface area contributed by atoms with E-state index in [9.17, 15) is 9.59 Å². The van der Waals surface area contributed by atoms with Gasteiger partial charge in [-0.05, 0) is 61.1 Å². The van der Waals surface area contributed by atoms with Crippen LogP contribution in [0.1, 0.15) is 58.6 Å². The first-order chi connectivity index (χ1) is 18.0. The van der Waals surface area contributed by atoms with Gasteiger partial charge in [0.2, 0.25) is 0 Å². The number of hydrogen-bond acceptors (Lipinski definition) is 5. The Labute approximate surface area is 222 Å². The Morgan fingerprint density at radius 2 is 1.95 bits per heavy atom. The molecule has 2 aromatic heterocycles. The highest BCUT2D eigenvalue weighted by molar-refractivity contribution is 6.36. The third-order valence-electron chi connectivity index (χ3n) is 7.25. The first kappa shape index (κ1) is 25.2. The molecule has 1 atom stereocenters. The second-order valence-corrected chi connectivity index (χ2v) is 10.0. The molecule has 0 N–H and O–H groups in total. The molecule has 1 aliphatic heterocycles. The molecule has 3 heterocycles. The lowest BCUT2D eigenvalue weighted by Gasteiger charge is -2.34. The van der Waals surface area contributed by atoms with E-state index in [1.165, 1.54) is 0 Å². The molecule has 7 nitrogen and oxygen atoms in total. The molecule has 1 fully saturated rings. The normalized spacial score (nSPS) is 17.4. The maximum atomic E-state index is 13.3. The average Bonchev–Trinajstić information content (AvgIpc) is 2.95. The predicted molar refractivity (Wildman–Crippen MR) is 145 cm³/mol. The number of fused-ring (bicyclic) bond motifs is 2. The van der Waals surface area contributed by atoms with Gasteiger partial charge in [-0.3, -0.25) is 14.8 Å². The van der Waals surface area contributed by atoms with Crippen LogP contribution in [0.4, 0.5) is 4.79 Å². The molecule has 1 aliphatic carbocycles. The number of nitrogens with zero attached hydrogens (tertiary/aromatic N) is 4. The zero-order valence-corrected chi connectivity index (χ0v) is 21.8. The summed E-state index contributed by atoms with van der Waals surface area (Å²) >= 11 is 6.85. The van der Waals surface area contributed by atoms with Gasteiger partial charge >= 0.3 is 6.09 Å². The Kier molecular flexibility index (Phi) is 7.42. The third-order valence-corrected chi connectivity index (χ3v) is 7.68. The van der Waals surface area contributed by atoms with Crippen LogP contribution in [0.15, 0.2) is 43.1 Å². The summed E-state index contributed by atoms with van der Waals surface area (Å²) in [4.78, 5) is 38.4. The van der Waals surface area contributed by atoms with Crippen LogP contribution in [0.5, 0.6) is 0 Å². The Balaban J connectivity index is 1.34. The van der Waals surface area contributed by atoms with E-state index in [2.05, 4.69) is 17.6 Å². The van der Waals surface area contributed by atoms with E-state index in [-0.39, 0.29) is 17.9 Å². The van der Waals surface area contributed by atoms with Crippen molar-refractivity contribution in [1.29, 1.82) is 0 Å².